The van der Waals surface area contributed by atoms with Gasteiger partial charge in [0.15, 0.2) is 0 Å². The van der Waals surface area contributed by atoms with E-state index < -0.39 is 11.9 Å². The van der Waals surface area contributed by atoms with E-state index in [9.17, 15) is 14.4 Å². The fourth-order valence-corrected chi connectivity index (χ4v) is 7.86. The van der Waals surface area contributed by atoms with Gasteiger partial charge < -0.3 is 21.4 Å². The summed E-state index contributed by atoms with van der Waals surface area (Å²) in [6.45, 7) is 10.8. The normalized spacial score (nSPS) is 10.4. The number of hydrogen-bond acceptors (Lipinski definition) is 4. The minimum atomic E-state index is -0.653. The van der Waals surface area contributed by atoms with Gasteiger partial charge in [0.2, 0.25) is 0 Å². The van der Waals surface area contributed by atoms with E-state index in [1.807, 2.05) is 26.6 Å². The molecule has 382 valence electrons. The molecule has 0 saturated heterocycles. The van der Waals surface area contributed by atoms with Gasteiger partial charge in [-0.2, -0.15) is 20.3 Å². The van der Waals surface area contributed by atoms with Crippen LogP contribution in [0.4, 0.5) is 0 Å². The molecule has 0 atom stereocenters. The van der Waals surface area contributed by atoms with Crippen molar-refractivity contribution >= 4 is 18.2 Å². The first kappa shape index (κ1) is 72.1. The molecule has 0 heterocycles. The molecule has 0 aliphatic carbocycles. The Bertz CT molecular complexity index is 765. The van der Waals surface area contributed by atoms with Gasteiger partial charge in [-0.25, -0.2) is 0 Å². The maximum atomic E-state index is 10.3. The molecule has 0 aromatic heterocycles. The zero-order valence-corrected chi connectivity index (χ0v) is 45.6. The second kappa shape index (κ2) is 76.4. The predicted octanol–water partition coefficient (Wildman–Crippen LogP) is 20.1. The SMILES string of the molecule is CCCCCCCCCCCCCCCCCC(=O)O.CCCCCCCCCCCCCCCCCC(=O)O.CCCCCCCCCCCCCCCCC[C-]=O.C[CH-]C.[O]=[Ti+2]. The zero-order valence-electron chi connectivity index (χ0n) is 44.0. The van der Waals surface area contributed by atoms with Crippen LogP contribution in [0.25, 0.3) is 0 Å². The Hall–Kier alpha value is -0.876. The van der Waals surface area contributed by atoms with Gasteiger partial charge in [-0.3, -0.25) is 15.9 Å². The van der Waals surface area contributed by atoms with Crippen molar-refractivity contribution in [1.82, 2.24) is 0 Å². The third-order valence-corrected chi connectivity index (χ3v) is 11.9. The third-order valence-electron chi connectivity index (χ3n) is 11.9. The van der Waals surface area contributed by atoms with Crippen molar-refractivity contribution in [2.75, 3.05) is 0 Å². The first-order chi connectivity index (χ1) is 31.4. The molecule has 0 amide bonds. The molecule has 0 aromatic carbocycles. The van der Waals surface area contributed by atoms with E-state index in [1.165, 1.54) is 257 Å². The van der Waals surface area contributed by atoms with Crippen molar-refractivity contribution in [2.45, 2.75) is 343 Å². The number of aliphatic carboxylic acids is 2. The molecule has 0 bridgehead atoms. The fourth-order valence-electron chi connectivity index (χ4n) is 7.86. The topological polar surface area (TPSA) is 109 Å². The van der Waals surface area contributed by atoms with Crippen LogP contribution < -0.4 is 0 Å². The molecular formula is C57H114O6Ti. The molecule has 0 saturated carbocycles. The van der Waals surface area contributed by atoms with E-state index in [-0.39, 0.29) is 0 Å². The second-order valence-corrected chi connectivity index (χ2v) is 18.6. The van der Waals surface area contributed by atoms with Crippen LogP contribution in [-0.4, -0.2) is 28.4 Å². The maximum absolute atomic E-state index is 10.3. The first-order valence-electron chi connectivity index (χ1n) is 28.1. The Morgan fingerprint density at radius 2 is 0.469 bits per heavy atom. The number of unbranched alkanes of at least 4 members (excludes halogenated alkanes) is 43. The summed E-state index contributed by atoms with van der Waals surface area (Å²) < 4.78 is 8.25. The molecule has 0 spiro atoms. The number of carbonyl (C=O) groups excluding carboxylic acids is 1. The Labute approximate surface area is 413 Å². The van der Waals surface area contributed by atoms with Crippen molar-refractivity contribution in [2.24, 2.45) is 0 Å². The third kappa shape index (κ3) is 91.6. The Balaban J connectivity index is -0.000000258. The van der Waals surface area contributed by atoms with Crippen LogP contribution >= 0.6 is 0 Å². The van der Waals surface area contributed by atoms with Gasteiger partial charge in [0.05, 0.1) is 0 Å². The summed E-state index contributed by atoms with van der Waals surface area (Å²) in [6, 6.07) is 0. The molecule has 0 aliphatic heterocycles. The Morgan fingerprint density at radius 3 is 0.609 bits per heavy atom. The van der Waals surface area contributed by atoms with Crippen molar-refractivity contribution in [3.63, 3.8) is 0 Å². The molecule has 0 aliphatic rings. The molecule has 0 aromatic rings. The van der Waals surface area contributed by atoms with E-state index >= 15 is 0 Å². The molecule has 0 radical (unpaired) electrons. The predicted molar refractivity (Wildman–Crippen MR) is 276 cm³/mol. The van der Waals surface area contributed by atoms with E-state index in [4.69, 9.17) is 13.5 Å². The summed E-state index contributed by atoms with van der Waals surface area (Å²) in [6.07, 6.45) is 65.6. The molecule has 0 unspecified atom stereocenters. The van der Waals surface area contributed by atoms with E-state index in [1.54, 1.807) is 0 Å². The number of carboxylic acid groups (broad SMARTS) is 2. The summed E-state index contributed by atoms with van der Waals surface area (Å²) >= 11 is 0.750. The average Bonchev–Trinajstić information content (AvgIpc) is 3.29. The van der Waals surface area contributed by atoms with Crippen LogP contribution in [0.5, 0.6) is 0 Å². The van der Waals surface area contributed by atoms with Crippen LogP contribution in [0, 0.1) is 6.42 Å². The average molecular weight is 943 g/mol. The van der Waals surface area contributed by atoms with Crippen molar-refractivity contribution in [3.05, 3.63) is 6.42 Å². The fraction of sp³-hybridized carbons (Fsp3) is 0.930. The summed E-state index contributed by atoms with van der Waals surface area (Å²) in [5.41, 5.74) is 0. The van der Waals surface area contributed by atoms with E-state index in [0.29, 0.717) is 19.3 Å². The number of rotatable bonds is 48. The molecule has 0 rings (SSSR count). The van der Waals surface area contributed by atoms with Crippen LogP contribution in [-0.2, 0) is 38.1 Å². The number of hydrogen-bond donors (Lipinski definition) is 2. The van der Waals surface area contributed by atoms with E-state index in [2.05, 4.69) is 20.8 Å². The quantitative estimate of drug-likeness (QED) is 0.0357. The van der Waals surface area contributed by atoms with Crippen molar-refractivity contribution < 1.29 is 48.3 Å². The summed E-state index contributed by atoms with van der Waals surface area (Å²) in [5.74, 6) is -1.31. The number of carboxylic acids is 2. The monoisotopic (exact) mass is 943 g/mol. The molecular weight excluding hydrogens is 828 g/mol. The first-order valence-corrected chi connectivity index (χ1v) is 28.7. The molecule has 2 N–H and O–H groups in total. The summed E-state index contributed by atoms with van der Waals surface area (Å²) in [5, 5.41) is 17.0. The molecule has 64 heavy (non-hydrogen) atoms. The van der Waals surface area contributed by atoms with E-state index in [0.717, 1.165) is 52.5 Å². The molecule has 0 fully saturated rings. The summed E-state index contributed by atoms with van der Waals surface area (Å²) in [7, 11) is 0. The van der Waals surface area contributed by atoms with Gasteiger partial charge in [0.1, 0.15) is 0 Å². The molecule has 6 nitrogen and oxygen atoms in total. The minimum absolute atomic E-state index is 0.345. The van der Waals surface area contributed by atoms with Crippen LogP contribution in [0.2, 0.25) is 0 Å². The Kier molecular flexibility index (Phi) is 86.1. The van der Waals surface area contributed by atoms with Crippen LogP contribution in [0.15, 0.2) is 0 Å². The Morgan fingerprint density at radius 1 is 0.328 bits per heavy atom. The second-order valence-electron chi connectivity index (χ2n) is 18.6. The zero-order chi connectivity index (χ0) is 48.5. The van der Waals surface area contributed by atoms with Gasteiger partial charge in [-0.15, -0.1) is 0 Å². The van der Waals surface area contributed by atoms with Crippen molar-refractivity contribution in [1.29, 1.82) is 0 Å². The van der Waals surface area contributed by atoms with Gasteiger partial charge in [0.25, 0.3) is 0 Å². The summed E-state index contributed by atoms with van der Waals surface area (Å²) in [4.78, 5) is 30.7. The van der Waals surface area contributed by atoms with Crippen LogP contribution in [0.1, 0.15) is 343 Å². The van der Waals surface area contributed by atoms with Crippen molar-refractivity contribution in [3.8, 4) is 0 Å². The molecule has 7 heteroatoms. The van der Waals surface area contributed by atoms with Gasteiger partial charge in [-0.1, -0.05) is 297 Å². The van der Waals surface area contributed by atoms with Gasteiger partial charge in [0, 0.05) is 12.8 Å². The standard InChI is InChI=1S/2C18H36O2.C18H35O.C3H7.O.Ti/c2*1-2-3-4-5-6-7-8-9-10-11-12-13-14-15-16-17-18(19)20;1-2-3-4-5-6-7-8-9-10-11-12-13-14-15-16-17-18-19;1-3-2;;/h2*2-17H2,1H3,(H,19,20);2-17H2,1H3;3H,1-2H3;;/q;;2*-1;;+2. The number of carbonyl (C=O) groups is 2. The van der Waals surface area contributed by atoms with Gasteiger partial charge in [-0.05, 0) is 12.8 Å². The van der Waals surface area contributed by atoms with Gasteiger partial charge >= 0.3 is 35.7 Å². The van der Waals surface area contributed by atoms with Crippen LogP contribution in [0.3, 0.4) is 0 Å².